The van der Waals surface area contributed by atoms with Crippen molar-refractivity contribution in [1.82, 2.24) is 0 Å². The molecule has 0 bridgehead atoms. The molecule has 0 N–H and O–H groups in total. The molecule has 0 saturated carbocycles. The number of hydrogen-bond donors (Lipinski definition) is 0. The number of rotatable bonds is 2. The highest BCUT2D eigenvalue weighted by molar-refractivity contribution is 14.1. The van der Waals surface area contributed by atoms with Crippen LogP contribution in [0.1, 0.15) is 25.0 Å². The largest absolute Gasteiger partial charge is 0.269 e. The smallest absolute Gasteiger partial charge is 0.127 e. The van der Waals surface area contributed by atoms with Gasteiger partial charge in [-0.25, -0.2) is 3.21 Å². The van der Waals surface area contributed by atoms with Gasteiger partial charge in [-0.3, -0.25) is 3.11 Å². The number of hydrogen-bond acceptors (Lipinski definition) is 1. The van der Waals surface area contributed by atoms with Crippen molar-refractivity contribution in [3.63, 3.8) is 0 Å². The summed E-state index contributed by atoms with van der Waals surface area (Å²) in [4.78, 5) is 0. The Labute approximate surface area is 126 Å². The molecule has 0 unspecified atom stereocenters. The Bertz CT molecular complexity index is 380. The predicted octanol–water partition coefficient (Wildman–Crippen LogP) is 4.86. The van der Waals surface area contributed by atoms with Crippen LogP contribution in [0.2, 0.25) is 0 Å². The Morgan fingerprint density at radius 1 is 1.25 bits per heavy atom. The van der Waals surface area contributed by atoms with Crippen molar-refractivity contribution in [3.05, 3.63) is 29.3 Å². The van der Waals surface area contributed by atoms with E-state index in [2.05, 4.69) is 97.9 Å². The second-order valence-corrected chi connectivity index (χ2v) is 5.57. The minimum absolute atomic E-state index is 0.424. The van der Waals surface area contributed by atoms with Gasteiger partial charge in [-0.15, -0.1) is 0 Å². The standard InChI is InChI=1S/C12H16I2N2/c1-8(2)12(15-13)16(14)11-9(3)6-5-7-10(11)4/h5-8H,1-4H3/b15-12-. The molecule has 2 nitrogen and oxygen atoms in total. The molecule has 4 heteroatoms. The van der Waals surface area contributed by atoms with E-state index in [1.54, 1.807) is 0 Å². The maximum Gasteiger partial charge on any atom is 0.127 e. The van der Waals surface area contributed by atoms with Crippen molar-refractivity contribution in [2.24, 2.45) is 9.12 Å². The molecule has 1 aromatic rings. The molecule has 0 aromatic heterocycles. The van der Waals surface area contributed by atoms with E-state index >= 15 is 0 Å². The summed E-state index contributed by atoms with van der Waals surface area (Å²) >= 11 is 4.41. The van der Waals surface area contributed by atoms with Crippen LogP contribution in [0.3, 0.4) is 0 Å². The highest BCUT2D eigenvalue weighted by Gasteiger charge is 2.17. The van der Waals surface area contributed by atoms with Gasteiger partial charge in [-0.1, -0.05) is 32.0 Å². The van der Waals surface area contributed by atoms with Crippen LogP contribution < -0.4 is 3.11 Å². The van der Waals surface area contributed by atoms with E-state index in [1.165, 1.54) is 16.8 Å². The SMILES string of the molecule is Cc1cccc(C)c1N(I)/C(=N\I)C(C)C. The molecule has 1 aromatic carbocycles. The minimum Gasteiger partial charge on any atom is -0.269 e. The van der Waals surface area contributed by atoms with Crippen molar-refractivity contribution < 1.29 is 0 Å². The first kappa shape index (κ1) is 14.2. The predicted molar refractivity (Wildman–Crippen MR) is 88.7 cm³/mol. The Morgan fingerprint density at radius 2 is 1.75 bits per heavy atom. The van der Waals surface area contributed by atoms with Gasteiger partial charge in [-0.2, -0.15) is 0 Å². The second-order valence-electron chi connectivity index (χ2n) is 4.12. The average Bonchev–Trinajstić information content (AvgIpc) is 2.17. The molecule has 0 aliphatic heterocycles. The zero-order valence-corrected chi connectivity index (χ0v) is 14.3. The number of aryl methyl sites for hydroxylation is 2. The fourth-order valence-corrected chi connectivity index (χ4v) is 4.20. The van der Waals surface area contributed by atoms with Crippen molar-refractivity contribution in [1.29, 1.82) is 0 Å². The normalized spacial score (nSPS) is 12.1. The lowest BCUT2D eigenvalue weighted by molar-refractivity contribution is 0.880. The van der Waals surface area contributed by atoms with Gasteiger partial charge in [-0.05, 0) is 25.0 Å². The Kier molecular flexibility index (Phi) is 5.49. The summed E-state index contributed by atoms with van der Waals surface area (Å²) in [7, 11) is 0. The Morgan fingerprint density at radius 3 is 2.12 bits per heavy atom. The molecular weight excluding hydrogens is 426 g/mol. The van der Waals surface area contributed by atoms with Crippen molar-refractivity contribution in [2.45, 2.75) is 27.7 Å². The van der Waals surface area contributed by atoms with E-state index in [9.17, 15) is 0 Å². The van der Waals surface area contributed by atoms with Crippen LogP contribution in [0.4, 0.5) is 5.69 Å². The number of nitrogens with zero attached hydrogens (tertiary/aromatic N) is 2. The molecule has 0 spiro atoms. The fraction of sp³-hybridized carbons (Fsp3) is 0.417. The van der Waals surface area contributed by atoms with E-state index < -0.39 is 0 Å². The van der Waals surface area contributed by atoms with Gasteiger partial charge in [0.05, 0.1) is 51.4 Å². The summed E-state index contributed by atoms with van der Waals surface area (Å²) in [5, 5.41) is 0. The molecule has 0 fully saturated rings. The van der Waals surface area contributed by atoms with Gasteiger partial charge < -0.3 is 0 Å². The minimum atomic E-state index is 0.424. The summed E-state index contributed by atoms with van der Waals surface area (Å²) in [5.74, 6) is 1.52. The number of anilines is 1. The van der Waals surface area contributed by atoms with Crippen LogP contribution in [-0.2, 0) is 0 Å². The first-order valence-corrected chi connectivity index (χ1v) is 7.13. The van der Waals surface area contributed by atoms with Crippen molar-refractivity contribution >= 4 is 57.3 Å². The third kappa shape index (κ3) is 3.09. The summed E-state index contributed by atoms with van der Waals surface area (Å²) in [6.07, 6.45) is 0. The number of para-hydroxylation sites is 1. The molecular formula is C12H16I2N2. The van der Waals surface area contributed by atoms with Crippen LogP contribution in [0.25, 0.3) is 0 Å². The maximum atomic E-state index is 4.35. The molecule has 0 amide bonds. The molecule has 16 heavy (non-hydrogen) atoms. The average molecular weight is 442 g/mol. The lowest BCUT2D eigenvalue weighted by Crippen LogP contribution is -2.25. The van der Waals surface area contributed by atoms with E-state index in [4.69, 9.17) is 0 Å². The van der Waals surface area contributed by atoms with Crippen LogP contribution >= 0.6 is 45.7 Å². The van der Waals surface area contributed by atoms with Gasteiger partial charge in [0, 0.05) is 5.92 Å². The maximum absolute atomic E-state index is 4.35. The Hall–Kier alpha value is 0.150. The molecule has 0 heterocycles. The van der Waals surface area contributed by atoms with E-state index in [0.717, 1.165) is 5.84 Å². The van der Waals surface area contributed by atoms with Gasteiger partial charge in [0.15, 0.2) is 0 Å². The van der Waals surface area contributed by atoms with E-state index in [0.29, 0.717) is 5.92 Å². The third-order valence-corrected chi connectivity index (χ3v) is 3.91. The van der Waals surface area contributed by atoms with Gasteiger partial charge in [0.1, 0.15) is 5.84 Å². The molecule has 0 atom stereocenters. The lowest BCUT2D eigenvalue weighted by Gasteiger charge is -2.24. The topological polar surface area (TPSA) is 15.6 Å². The summed E-state index contributed by atoms with van der Waals surface area (Å²) < 4.78 is 6.52. The van der Waals surface area contributed by atoms with Crippen LogP contribution in [-0.4, -0.2) is 5.84 Å². The quantitative estimate of drug-likeness (QED) is 0.277. The second kappa shape index (κ2) is 6.18. The number of benzene rings is 1. The molecule has 1 rings (SSSR count). The van der Waals surface area contributed by atoms with Gasteiger partial charge in [0.25, 0.3) is 0 Å². The first-order chi connectivity index (χ1) is 7.49. The summed E-state index contributed by atoms with van der Waals surface area (Å²) in [5.41, 5.74) is 3.83. The van der Waals surface area contributed by atoms with Gasteiger partial charge >= 0.3 is 0 Å². The van der Waals surface area contributed by atoms with Crippen molar-refractivity contribution in [2.75, 3.05) is 3.11 Å². The highest BCUT2D eigenvalue weighted by atomic mass is 127. The third-order valence-electron chi connectivity index (χ3n) is 2.44. The zero-order chi connectivity index (χ0) is 12.3. The fourth-order valence-electron chi connectivity index (χ4n) is 1.59. The lowest BCUT2D eigenvalue weighted by atomic mass is 10.1. The monoisotopic (exact) mass is 442 g/mol. The van der Waals surface area contributed by atoms with Crippen LogP contribution in [0.15, 0.2) is 21.4 Å². The Balaban J connectivity index is 3.19. The number of halogens is 2. The highest BCUT2D eigenvalue weighted by Crippen LogP contribution is 2.29. The summed E-state index contributed by atoms with van der Waals surface area (Å²) in [6, 6.07) is 6.37. The first-order valence-electron chi connectivity index (χ1n) is 5.20. The molecule has 0 radical (unpaired) electrons. The van der Waals surface area contributed by atoms with E-state index in [-0.39, 0.29) is 0 Å². The molecule has 0 aliphatic rings. The van der Waals surface area contributed by atoms with Crippen molar-refractivity contribution in [3.8, 4) is 0 Å². The van der Waals surface area contributed by atoms with Gasteiger partial charge in [0.2, 0.25) is 0 Å². The molecule has 0 aliphatic carbocycles. The van der Waals surface area contributed by atoms with Crippen LogP contribution in [0, 0.1) is 19.8 Å². The van der Waals surface area contributed by atoms with Crippen LogP contribution in [0.5, 0.6) is 0 Å². The molecule has 0 saturated heterocycles. The number of amidine groups is 1. The summed E-state index contributed by atoms with van der Waals surface area (Å²) in [6.45, 7) is 8.60. The zero-order valence-electron chi connectivity index (χ0n) is 9.96. The van der Waals surface area contributed by atoms with E-state index in [1.807, 2.05) is 0 Å². The molecule has 88 valence electrons.